The molecule has 0 amide bonds. The summed E-state index contributed by atoms with van der Waals surface area (Å²) in [6.45, 7) is 4.91. The van der Waals surface area contributed by atoms with Gasteiger partial charge in [0.2, 0.25) is 0 Å². The van der Waals surface area contributed by atoms with Crippen molar-refractivity contribution in [2.45, 2.75) is 38.9 Å². The molecule has 0 saturated carbocycles. The van der Waals surface area contributed by atoms with Crippen LogP contribution in [-0.2, 0) is 14.3 Å². The second kappa shape index (κ2) is 4.23. The summed E-state index contributed by atoms with van der Waals surface area (Å²) in [7, 11) is 0. The van der Waals surface area contributed by atoms with E-state index >= 15 is 0 Å². The van der Waals surface area contributed by atoms with E-state index in [0.29, 0.717) is 0 Å². The Morgan fingerprint density at radius 1 is 1.38 bits per heavy atom. The van der Waals surface area contributed by atoms with Crippen molar-refractivity contribution in [2.24, 2.45) is 0 Å². The predicted octanol–water partition coefficient (Wildman–Crippen LogP) is 0.164. The first-order valence-electron chi connectivity index (χ1n) is 3.85. The SMILES string of the molecule is CC(C)(C)OC(=O)[C@@H](O)CC(=O)O. The summed E-state index contributed by atoms with van der Waals surface area (Å²) in [4.78, 5) is 21.1. The zero-order chi connectivity index (χ0) is 10.6. The Morgan fingerprint density at radius 3 is 2.15 bits per heavy atom. The molecule has 0 aliphatic carbocycles. The summed E-state index contributed by atoms with van der Waals surface area (Å²) >= 11 is 0. The van der Waals surface area contributed by atoms with E-state index in [0.717, 1.165) is 0 Å². The zero-order valence-corrected chi connectivity index (χ0v) is 7.90. The van der Waals surface area contributed by atoms with E-state index in [2.05, 4.69) is 0 Å². The Hall–Kier alpha value is -1.10. The number of aliphatic carboxylic acids is 1. The number of aliphatic hydroxyl groups excluding tert-OH is 1. The third-order valence-corrected chi connectivity index (χ3v) is 1.05. The van der Waals surface area contributed by atoms with Crippen molar-refractivity contribution >= 4 is 11.9 Å². The molecule has 5 nitrogen and oxygen atoms in total. The lowest BCUT2D eigenvalue weighted by molar-refractivity contribution is -0.168. The number of carboxylic acid groups (broad SMARTS) is 1. The second-order valence-electron chi connectivity index (χ2n) is 3.65. The van der Waals surface area contributed by atoms with Gasteiger partial charge in [-0.05, 0) is 20.8 Å². The maximum atomic E-state index is 11.0. The Morgan fingerprint density at radius 2 is 1.85 bits per heavy atom. The molecule has 76 valence electrons. The third-order valence-electron chi connectivity index (χ3n) is 1.05. The maximum absolute atomic E-state index is 11.0. The monoisotopic (exact) mass is 190 g/mol. The van der Waals surface area contributed by atoms with Crippen LogP contribution in [0.25, 0.3) is 0 Å². The molecule has 0 heterocycles. The highest BCUT2D eigenvalue weighted by Gasteiger charge is 2.24. The normalized spacial score (nSPS) is 13.5. The molecular weight excluding hydrogens is 176 g/mol. The van der Waals surface area contributed by atoms with Crippen LogP contribution in [0.2, 0.25) is 0 Å². The summed E-state index contributed by atoms with van der Waals surface area (Å²) < 4.78 is 4.75. The summed E-state index contributed by atoms with van der Waals surface area (Å²) in [5.41, 5.74) is -0.712. The van der Waals surface area contributed by atoms with Crippen LogP contribution >= 0.6 is 0 Å². The van der Waals surface area contributed by atoms with E-state index in [1.807, 2.05) is 0 Å². The highest BCUT2D eigenvalue weighted by atomic mass is 16.6. The van der Waals surface area contributed by atoms with E-state index in [-0.39, 0.29) is 0 Å². The average molecular weight is 190 g/mol. The van der Waals surface area contributed by atoms with Crippen molar-refractivity contribution in [1.82, 2.24) is 0 Å². The highest BCUT2D eigenvalue weighted by molar-refractivity contribution is 5.80. The Bertz CT molecular complexity index is 203. The Kier molecular flexibility index (Phi) is 3.87. The molecule has 0 aromatic heterocycles. The first-order valence-corrected chi connectivity index (χ1v) is 3.85. The van der Waals surface area contributed by atoms with Gasteiger partial charge in [-0.15, -0.1) is 0 Å². The van der Waals surface area contributed by atoms with E-state index in [9.17, 15) is 9.59 Å². The number of carboxylic acids is 1. The number of rotatable bonds is 3. The van der Waals surface area contributed by atoms with E-state index < -0.39 is 30.1 Å². The van der Waals surface area contributed by atoms with E-state index in [4.69, 9.17) is 14.9 Å². The van der Waals surface area contributed by atoms with Crippen molar-refractivity contribution in [3.8, 4) is 0 Å². The number of carbonyl (C=O) groups excluding carboxylic acids is 1. The molecule has 0 radical (unpaired) electrons. The van der Waals surface area contributed by atoms with Gasteiger partial charge < -0.3 is 14.9 Å². The van der Waals surface area contributed by atoms with Crippen molar-refractivity contribution in [3.05, 3.63) is 0 Å². The Labute approximate surface area is 76.3 Å². The molecule has 0 aromatic rings. The summed E-state index contributed by atoms with van der Waals surface area (Å²) in [6, 6.07) is 0. The molecule has 0 saturated heterocycles. The quantitative estimate of drug-likeness (QED) is 0.619. The smallest absolute Gasteiger partial charge is 0.336 e. The molecule has 0 unspecified atom stereocenters. The maximum Gasteiger partial charge on any atom is 0.336 e. The molecule has 0 spiro atoms. The largest absolute Gasteiger partial charge is 0.481 e. The van der Waals surface area contributed by atoms with Crippen LogP contribution in [0.15, 0.2) is 0 Å². The van der Waals surface area contributed by atoms with Crippen molar-refractivity contribution in [2.75, 3.05) is 0 Å². The number of hydrogen-bond donors (Lipinski definition) is 2. The van der Waals surface area contributed by atoms with Gasteiger partial charge in [-0.2, -0.15) is 0 Å². The minimum absolute atomic E-state index is 0.630. The molecule has 2 N–H and O–H groups in total. The lowest BCUT2D eigenvalue weighted by Gasteiger charge is -2.21. The van der Waals surface area contributed by atoms with Gasteiger partial charge >= 0.3 is 11.9 Å². The molecule has 0 aliphatic heterocycles. The number of ether oxygens (including phenoxy) is 1. The third kappa shape index (κ3) is 6.10. The fraction of sp³-hybridized carbons (Fsp3) is 0.750. The average Bonchev–Trinajstić information content (AvgIpc) is 1.81. The van der Waals surface area contributed by atoms with Gasteiger partial charge in [0.25, 0.3) is 0 Å². The second-order valence-corrected chi connectivity index (χ2v) is 3.65. The van der Waals surface area contributed by atoms with E-state index in [1.165, 1.54) is 0 Å². The topological polar surface area (TPSA) is 83.8 Å². The van der Waals surface area contributed by atoms with Crippen LogP contribution in [0.4, 0.5) is 0 Å². The minimum Gasteiger partial charge on any atom is -0.481 e. The number of esters is 1. The summed E-state index contributed by atoms with van der Waals surface area (Å²) in [5.74, 6) is -2.15. The first-order chi connectivity index (χ1) is 5.72. The van der Waals surface area contributed by atoms with Crippen LogP contribution in [0.1, 0.15) is 27.2 Å². The zero-order valence-electron chi connectivity index (χ0n) is 7.90. The molecule has 0 bridgehead atoms. The first kappa shape index (κ1) is 11.9. The molecule has 1 atom stereocenters. The molecule has 13 heavy (non-hydrogen) atoms. The van der Waals surface area contributed by atoms with Crippen LogP contribution in [0.3, 0.4) is 0 Å². The van der Waals surface area contributed by atoms with Gasteiger partial charge in [-0.3, -0.25) is 4.79 Å². The number of aliphatic hydroxyl groups is 1. The molecule has 0 rings (SSSR count). The van der Waals surface area contributed by atoms with Crippen molar-refractivity contribution in [3.63, 3.8) is 0 Å². The molecule has 5 heteroatoms. The van der Waals surface area contributed by atoms with E-state index in [1.54, 1.807) is 20.8 Å². The molecular formula is C8H14O5. The summed E-state index contributed by atoms with van der Waals surface area (Å²) in [5, 5.41) is 17.3. The predicted molar refractivity (Wildman–Crippen MR) is 44.1 cm³/mol. The van der Waals surface area contributed by atoms with Gasteiger partial charge in [0.1, 0.15) is 5.60 Å². The number of carbonyl (C=O) groups is 2. The van der Waals surface area contributed by atoms with Crippen LogP contribution in [0, 0.1) is 0 Å². The van der Waals surface area contributed by atoms with Crippen LogP contribution in [-0.4, -0.2) is 33.9 Å². The molecule has 0 fully saturated rings. The minimum atomic E-state index is -1.59. The lowest BCUT2D eigenvalue weighted by atomic mass is 10.2. The molecule has 0 aliphatic rings. The fourth-order valence-electron chi connectivity index (χ4n) is 0.619. The Balaban J connectivity index is 4.05. The standard InChI is InChI=1S/C8H14O5/c1-8(2,3)13-7(12)5(9)4-6(10)11/h5,9H,4H2,1-3H3,(H,10,11)/t5-/m0/s1. The fourth-order valence-corrected chi connectivity index (χ4v) is 0.619. The van der Waals surface area contributed by atoms with Crippen molar-refractivity contribution < 1.29 is 24.5 Å². The molecule has 0 aromatic carbocycles. The van der Waals surface area contributed by atoms with Gasteiger partial charge in [-0.25, -0.2) is 4.79 Å². The van der Waals surface area contributed by atoms with Crippen molar-refractivity contribution in [1.29, 1.82) is 0 Å². The van der Waals surface area contributed by atoms with Gasteiger partial charge in [0.05, 0.1) is 6.42 Å². The lowest BCUT2D eigenvalue weighted by Crippen LogP contribution is -2.33. The van der Waals surface area contributed by atoms with Crippen LogP contribution < -0.4 is 0 Å². The highest BCUT2D eigenvalue weighted by Crippen LogP contribution is 2.09. The van der Waals surface area contributed by atoms with Gasteiger partial charge in [0, 0.05) is 0 Å². The van der Waals surface area contributed by atoms with Gasteiger partial charge in [0.15, 0.2) is 6.10 Å². The summed E-state index contributed by atoms with van der Waals surface area (Å²) in [6.07, 6.45) is -2.22. The van der Waals surface area contributed by atoms with Gasteiger partial charge in [-0.1, -0.05) is 0 Å². The van der Waals surface area contributed by atoms with Crippen LogP contribution in [0.5, 0.6) is 0 Å². The number of hydrogen-bond acceptors (Lipinski definition) is 4.